The molecule has 0 saturated carbocycles. The van der Waals surface area contributed by atoms with Gasteiger partial charge in [-0.3, -0.25) is 0 Å². The van der Waals surface area contributed by atoms with E-state index in [2.05, 4.69) is 4.57 Å². The van der Waals surface area contributed by atoms with Gasteiger partial charge in [0.1, 0.15) is 11.6 Å². The Morgan fingerprint density at radius 2 is 1.76 bits per heavy atom. The number of aryl methyl sites for hydroxylation is 1. The van der Waals surface area contributed by atoms with E-state index in [0.717, 1.165) is 28.4 Å². The molecule has 0 fully saturated rings. The molecule has 0 aliphatic carbocycles. The normalized spacial score (nSPS) is 10.6. The van der Waals surface area contributed by atoms with Gasteiger partial charge in [-0.15, -0.1) is 0 Å². The fourth-order valence-electron chi connectivity index (χ4n) is 2.50. The molecule has 0 saturated heterocycles. The van der Waals surface area contributed by atoms with Gasteiger partial charge in [-0.1, -0.05) is 18.2 Å². The third-order valence-corrected chi connectivity index (χ3v) is 3.51. The molecule has 2 nitrogen and oxygen atoms in total. The molecule has 0 aliphatic rings. The van der Waals surface area contributed by atoms with Crippen LogP contribution in [0.25, 0.3) is 16.9 Å². The summed E-state index contributed by atoms with van der Waals surface area (Å²) >= 11 is 0. The lowest BCUT2D eigenvalue weighted by Gasteiger charge is -2.13. The number of nitrogens with zero attached hydrogens (tertiary/aromatic N) is 1. The van der Waals surface area contributed by atoms with Gasteiger partial charge >= 0.3 is 0 Å². The second kappa shape index (κ2) is 5.44. The van der Waals surface area contributed by atoms with Crippen LogP contribution in [-0.4, -0.2) is 11.7 Å². The number of halogens is 1. The smallest absolute Gasteiger partial charge is 0.123 e. The predicted molar refractivity (Wildman–Crippen MR) is 82.5 cm³/mol. The van der Waals surface area contributed by atoms with Crippen LogP contribution in [0.3, 0.4) is 0 Å². The van der Waals surface area contributed by atoms with Crippen LogP contribution in [0.1, 0.15) is 5.69 Å². The Morgan fingerprint density at radius 1 is 0.952 bits per heavy atom. The summed E-state index contributed by atoms with van der Waals surface area (Å²) in [5.41, 5.74) is 3.89. The highest BCUT2D eigenvalue weighted by Gasteiger charge is 2.10. The van der Waals surface area contributed by atoms with Gasteiger partial charge in [0.05, 0.1) is 12.8 Å². The van der Waals surface area contributed by atoms with Crippen LogP contribution in [0.5, 0.6) is 5.75 Å². The number of methoxy groups -OCH3 is 1. The van der Waals surface area contributed by atoms with E-state index in [-0.39, 0.29) is 5.82 Å². The van der Waals surface area contributed by atoms with E-state index in [4.69, 9.17) is 4.74 Å². The number of benzene rings is 2. The highest BCUT2D eigenvalue weighted by molar-refractivity contribution is 5.64. The summed E-state index contributed by atoms with van der Waals surface area (Å²) in [6, 6.07) is 18.5. The average Bonchev–Trinajstić information content (AvgIpc) is 2.89. The lowest BCUT2D eigenvalue weighted by Crippen LogP contribution is -1.99. The number of rotatable bonds is 3. The van der Waals surface area contributed by atoms with Crippen molar-refractivity contribution in [3.63, 3.8) is 0 Å². The van der Waals surface area contributed by atoms with Crippen LogP contribution in [0.4, 0.5) is 4.39 Å². The average molecular weight is 281 g/mol. The molecule has 3 aromatic rings. The van der Waals surface area contributed by atoms with Gasteiger partial charge in [0, 0.05) is 23.0 Å². The molecular weight excluding hydrogens is 265 g/mol. The molecule has 106 valence electrons. The second-order valence-corrected chi connectivity index (χ2v) is 4.91. The Labute approximate surface area is 123 Å². The second-order valence-electron chi connectivity index (χ2n) is 4.91. The minimum Gasteiger partial charge on any atom is -0.497 e. The Bertz CT molecular complexity index is 776. The fraction of sp³-hybridized carbons (Fsp3) is 0.111. The lowest BCUT2D eigenvalue weighted by atomic mass is 10.1. The lowest BCUT2D eigenvalue weighted by molar-refractivity contribution is 0.414. The highest BCUT2D eigenvalue weighted by atomic mass is 19.1. The first-order valence-corrected chi connectivity index (χ1v) is 6.78. The van der Waals surface area contributed by atoms with Crippen molar-refractivity contribution in [3.8, 4) is 22.7 Å². The number of hydrogen-bond acceptors (Lipinski definition) is 1. The Hall–Kier alpha value is -2.55. The van der Waals surface area contributed by atoms with E-state index in [1.54, 1.807) is 19.2 Å². The van der Waals surface area contributed by atoms with E-state index in [9.17, 15) is 4.39 Å². The minimum absolute atomic E-state index is 0.233. The first kappa shape index (κ1) is 13.4. The molecule has 3 heteroatoms. The van der Waals surface area contributed by atoms with Gasteiger partial charge in [0.15, 0.2) is 0 Å². The van der Waals surface area contributed by atoms with Gasteiger partial charge in [-0.2, -0.15) is 0 Å². The molecule has 1 aromatic heterocycles. The molecule has 0 unspecified atom stereocenters. The van der Waals surface area contributed by atoms with E-state index in [1.807, 2.05) is 49.4 Å². The largest absolute Gasteiger partial charge is 0.497 e. The molecule has 0 radical (unpaired) electrons. The zero-order valence-electron chi connectivity index (χ0n) is 12.0. The first-order valence-electron chi connectivity index (χ1n) is 6.78. The number of hydrogen-bond donors (Lipinski definition) is 0. The zero-order valence-corrected chi connectivity index (χ0v) is 12.0. The molecule has 2 aromatic carbocycles. The maximum atomic E-state index is 13.5. The quantitative estimate of drug-likeness (QED) is 0.684. The van der Waals surface area contributed by atoms with Crippen molar-refractivity contribution in [2.75, 3.05) is 7.11 Å². The molecule has 1 heterocycles. The molecule has 0 bridgehead atoms. The van der Waals surface area contributed by atoms with Crippen LogP contribution >= 0.6 is 0 Å². The number of ether oxygens (including phenoxy) is 1. The summed E-state index contributed by atoms with van der Waals surface area (Å²) in [7, 11) is 1.65. The van der Waals surface area contributed by atoms with Crippen LogP contribution < -0.4 is 4.74 Å². The van der Waals surface area contributed by atoms with Crippen molar-refractivity contribution in [2.45, 2.75) is 6.92 Å². The van der Waals surface area contributed by atoms with Gasteiger partial charge in [0.25, 0.3) is 0 Å². The van der Waals surface area contributed by atoms with Crippen LogP contribution in [-0.2, 0) is 0 Å². The highest BCUT2D eigenvalue weighted by Crippen LogP contribution is 2.28. The topological polar surface area (TPSA) is 14.2 Å². The summed E-state index contributed by atoms with van der Waals surface area (Å²) in [5, 5.41) is 0. The zero-order chi connectivity index (χ0) is 14.8. The van der Waals surface area contributed by atoms with Gasteiger partial charge in [-0.25, -0.2) is 4.39 Å². The summed E-state index contributed by atoms with van der Waals surface area (Å²) in [5.74, 6) is 0.564. The molecule has 0 spiro atoms. The van der Waals surface area contributed by atoms with Crippen LogP contribution in [0.15, 0.2) is 60.7 Å². The Balaban J connectivity index is 2.17. The van der Waals surface area contributed by atoms with E-state index in [1.165, 1.54) is 6.07 Å². The predicted octanol–water partition coefficient (Wildman–Crippen LogP) is 4.60. The van der Waals surface area contributed by atoms with Gasteiger partial charge in [-0.05, 0) is 43.3 Å². The maximum absolute atomic E-state index is 13.5. The summed E-state index contributed by atoms with van der Waals surface area (Å²) in [6.45, 7) is 2.03. The van der Waals surface area contributed by atoms with Gasteiger partial charge < -0.3 is 9.30 Å². The Kier molecular flexibility index (Phi) is 3.48. The summed E-state index contributed by atoms with van der Waals surface area (Å²) < 4.78 is 20.9. The van der Waals surface area contributed by atoms with Crippen molar-refractivity contribution in [2.24, 2.45) is 0 Å². The van der Waals surface area contributed by atoms with Crippen molar-refractivity contribution in [1.82, 2.24) is 4.57 Å². The molecule has 0 atom stereocenters. The summed E-state index contributed by atoms with van der Waals surface area (Å²) in [4.78, 5) is 0. The SMILES string of the molecule is COc1cccc(-n2c(C)ccc2-c2cccc(F)c2)c1. The van der Waals surface area contributed by atoms with Gasteiger partial charge in [0.2, 0.25) is 0 Å². The van der Waals surface area contributed by atoms with Crippen LogP contribution in [0, 0.1) is 12.7 Å². The number of aromatic nitrogens is 1. The fourth-order valence-corrected chi connectivity index (χ4v) is 2.50. The standard InChI is InChI=1S/C18H16FNO/c1-13-9-10-18(14-5-3-6-15(19)11-14)20(13)16-7-4-8-17(12-16)21-2/h3-12H,1-2H3. The molecule has 0 amide bonds. The molecule has 3 rings (SSSR count). The molecule has 21 heavy (non-hydrogen) atoms. The van der Waals surface area contributed by atoms with Crippen LogP contribution in [0.2, 0.25) is 0 Å². The monoisotopic (exact) mass is 281 g/mol. The Morgan fingerprint density at radius 3 is 2.52 bits per heavy atom. The summed E-state index contributed by atoms with van der Waals surface area (Å²) in [6.07, 6.45) is 0. The minimum atomic E-state index is -0.233. The van der Waals surface area contributed by atoms with Crippen molar-refractivity contribution >= 4 is 0 Å². The van der Waals surface area contributed by atoms with Crippen molar-refractivity contribution in [3.05, 3.63) is 72.2 Å². The third kappa shape index (κ3) is 2.55. The first-order chi connectivity index (χ1) is 10.2. The van der Waals surface area contributed by atoms with Crippen molar-refractivity contribution < 1.29 is 9.13 Å². The van der Waals surface area contributed by atoms with E-state index < -0.39 is 0 Å². The molecule has 0 aliphatic heterocycles. The van der Waals surface area contributed by atoms with E-state index in [0.29, 0.717) is 0 Å². The van der Waals surface area contributed by atoms with E-state index >= 15 is 0 Å². The molecule has 0 N–H and O–H groups in total. The third-order valence-electron chi connectivity index (χ3n) is 3.51. The maximum Gasteiger partial charge on any atom is 0.123 e. The van der Waals surface area contributed by atoms with Crippen molar-refractivity contribution in [1.29, 1.82) is 0 Å². The molecular formula is C18H16FNO.